The highest BCUT2D eigenvalue weighted by molar-refractivity contribution is 6.06. The van der Waals surface area contributed by atoms with Crippen molar-refractivity contribution in [1.82, 2.24) is 14.8 Å². The highest BCUT2D eigenvalue weighted by Gasteiger charge is 2.06. The first-order valence-electron chi connectivity index (χ1n) is 6.87. The van der Waals surface area contributed by atoms with Gasteiger partial charge in [0.1, 0.15) is 5.69 Å². The molecule has 0 N–H and O–H groups in total. The van der Waals surface area contributed by atoms with E-state index in [-0.39, 0.29) is 5.78 Å². The molecule has 0 radical (unpaired) electrons. The average Bonchev–Trinajstić information content (AvgIpc) is 3.01. The van der Waals surface area contributed by atoms with E-state index in [1.807, 2.05) is 49.5 Å². The number of hydrogen-bond acceptors (Lipinski definition) is 3. The predicted octanol–water partition coefficient (Wildman–Crippen LogP) is 3.35. The number of ketones is 1. The van der Waals surface area contributed by atoms with Crippen LogP contribution >= 0.6 is 0 Å². The molecule has 0 amide bonds. The van der Waals surface area contributed by atoms with Gasteiger partial charge in [0.05, 0.1) is 5.52 Å². The monoisotopic (exact) mass is 277 g/mol. The molecular weight excluding hydrogens is 262 g/mol. The number of carbonyl (C=O) groups excluding carboxylic acids is 1. The lowest BCUT2D eigenvalue weighted by molar-refractivity contribution is 0.104. The Morgan fingerprint density at radius 1 is 1.24 bits per heavy atom. The van der Waals surface area contributed by atoms with Crippen molar-refractivity contribution in [3.8, 4) is 0 Å². The van der Waals surface area contributed by atoms with E-state index in [4.69, 9.17) is 0 Å². The number of allylic oxidation sites excluding steroid dienone is 1. The van der Waals surface area contributed by atoms with Crippen molar-refractivity contribution >= 4 is 22.8 Å². The van der Waals surface area contributed by atoms with E-state index in [0.717, 1.165) is 23.0 Å². The molecule has 4 nitrogen and oxygen atoms in total. The van der Waals surface area contributed by atoms with E-state index in [9.17, 15) is 4.79 Å². The van der Waals surface area contributed by atoms with E-state index in [1.54, 1.807) is 23.0 Å². The van der Waals surface area contributed by atoms with Gasteiger partial charge in [0.2, 0.25) is 5.78 Å². The first-order chi connectivity index (χ1) is 10.3. The van der Waals surface area contributed by atoms with Crippen molar-refractivity contribution in [2.75, 3.05) is 0 Å². The lowest BCUT2D eigenvalue weighted by Crippen LogP contribution is -1.99. The summed E-state index contributed by atoms with van der Waals surface area (Å²) in [6.07, 6.45) is 6.93. The Kier molecular flexibility index (Phi) is 3.60. The highest BCUT2D eigenvalue weighted by Crippen LogP contribution is 2.17. The molecule has 0 saturated carbocycles. The number of carbonyl (C=O) groups is 1. The average molecular weight is 277 g/mol. The van der Waals surface area contributed by atoms with Crippen LogP contribution in [0, 0.1) is 0 Å². The van der Waals surface area contributed by atoms with Gasteiger partial charge in [-0.3, -0.25) is 14.5 Å². The van der Waals surface area contributed by atoms with Crippen molar-refractivity contribution in [2.45, 2.75) is 13.5 Å². The zero-order chi connectivity index (χ0) is 14.7. The molecule has 0 aliphatic rings. The number of aryl methyl sites for hydroxylation is 1. The summed E-state index contributed by atoms with van der Waals surface area (Å²) in [6.45, 7) is 2.74. The second-order valence-corrected chi connectivity index (χ2v) is 4.67. The third kappa shape index (κ3) is 2.74. The maximum atomic E-state index is 12.1. The Bertz CT molecular complexity index is 812. The third-order valence-corrected chi connectivity index (χ3v) is 3.31. The fraction of sp³-hybridized carbons (Fsp3) is 0.118. The van der Waals surface area contributed by atoms with Crippen LogP contribution in [0.3, 0.4) is 0 Å². The van der Waals surface area contributed by atoms with Gasteiger partial charge in [0, 0.05) is 24.3 Å². The summed E-state index contributed by atoms with van der Waals surface area (Å²) in [4.78, 5) is 16.4. The first kappa shape index (κ1) is 13.2. The minimum Gasteiger partial charge on any atom is -0.287 e. The van der Waals surface area contributed by atoms with Crippen molar-refractivity contribution < 1.29 is 4.79 Å². The Hall–Kier alpha value is -2.75. The van der Waals surface area contributed by atoms with Crippen LogP contribution in [0.1, 0.15) is 23.0 Å². The number of hydrogen-bond donors (Lipinski definition) is 0. The van der Waals surface area contributed by atoms with Crippen LogP contribution in [0.4, 0.5) is 0 Å². The van der Waals surface area contributed by atoms with Gasteiger partial charge in [-0.15, -0.1) is 0 Å². The normalized spacial score (nSPS) is 11.3. The van der Waals surface area contributed by atoms with Crippen LogP contribution in [0.2, 0.25) is 0 Å². The lowest BCUT2D eigenvalue weighted by Gasteiger charge is -2.00. The number of rotatable bonds is 4. The fourth-order valence-corrected chi connectivity index (χ4v) is 2.18. The summed E-state index contributed by atoms with van der Waals surface area (Å²) in [5.41, 5.74) is 2.36. The third-order valence-electron chi connectivity index (χ3n) is 3.31. The minimum atomic E-state index is -0.0944. The molecule has 0 aliphatic heterocycles. The number of pyridine rings is 1. The zero-order valence-electron chi connectivity index (χ0n) is 11.7. The van der Waals surface area contributed by atoms with Crippen LogP contribution in [0.15, 0.2) is 54.9 Å². The molecule has 21 heavy (non-hydrogen) atoms. The molecule has 0 fully saturated rings. The van der Waals surface area contributed by atoms with Crippen LogP contribution in [-0.4, -0.2) is 20.5 Å². The largest absolute Gasteiger partial charge is 0.287 e. The second-order valence-electron chi connectivity index (χ2n) is 4.67. The zero-order valence-corrected chi connectivity index (χ0v) is 11.7. The summed E-state index contributed by atoms with van der Waals surface area (Å²) in [5.74, 6) is -0.0944. The van der Waals surface area contributed by atoms with Gasteiger partial charge >= 0.3 is 0 Å². The predicted molar refractivity (Wildman–Crippen MR) is 83.0 cm³/mol. The van der Waals surface area contributed by atoms with E-state index in [0.29, 0.717) is 5.69 Å². The van der Waals surface area contributed by atoms with Crippen molar-refractivity contribution in [3.63, 3.8) is 0 Å². The number of aromatic nitrogens is 3. The van der Waals surface area contributed by atoms with E-state index in [2.05, 4.69) is 10.1 Å². The minimum absolute atomic E-state index is 0.0944. The number of benzene rings is 1. The smallest absolute Gasteiger partial charge is 0.206 e. The van der Waals surface area contributed by atoms with Crippen LogP contribution in [-0.2, 0) is 6.54 Å². The summed E-state index contributed by atoms with van der Waals surface area (Å²) in [5, 5.41) is 5.24. The van der Waals surface area contributed by atoms with E-state index >= 15 is 0 Å². The number of para-hydroxylation sites is 1. The summed E-state index contributed by atoms with van der Waals surface area (Å²) >= 11 is 0. The lowest BCUT2D eigenvalue weighted by atomic mass is 10.1. The standard InChI is InChI=1S/C17H15N3O/c1-2-20-12-10-16(19-20)17(21)8-7-13-9-11-18-15-6-4-3-5-14(13)15/h3-12H,2H2,1H3/b8-7+. The van der Waals surface area contributed by atoms with Gasteiger partial charge in [-0.25, -0.2) is 0 Å². The number of fused-ring (bicyclic) bond motifs is 1. The molecule has 0 saturated heterocycles. The fourth-order valence-electron chi connectivity index (χ4n) is 2.18. The van der Waals surface area contributed by atoms with Crippen LogP contribution in [0.5, 0.6) is 0 Å². The molecule has 0 bridgehead atoms. The second kappa shape index (κ2) is 5.71. The Labute approximate surface area is 122 Å². The molecule has 0 spiro atoms. The molecule has 0 aliphatic carbocycles. The Morgan fingerprint density at radius 2 is 2.10 bits per heavy atom. The van der Waals surface area contributed by atoms with Crippen LogP contribution < -0.4 is 0 Å². The number of nitrogens with zero attached hydrogens (tertiary/aromatic N) is 3. The topological polar surface area (TPSA) is 47.8 Å². The first-order valence-corrected chi connectivity index (χ1v) is 6.87. The van der Waals surface area contributed by atoms with Crippen molar-refractivity contribution in [1.29, 1.82) is 0 Å². The van der Waals surface area contributed by atoms with E-state index < -0.39 is 0 Å². The maximum Gasteiger partial charge on any atom is 0.206 e. The quantitative estimate of drug-likeness (QED) is 0.543. The molecule has 3 rings (SSSR count). The van der Waals surface area contributed by atoms with Gasteiger partial charge in [-0.1, -0.05) is 24.3 Å². The Morgan fingerprint density at radius 3 is 2.90 bits per heavy atom. The SMILES string of the molecule is CCn1ccc(C(=O)/C=C/c2ccnc3ccccc23)n1. The molecule has 1 aromatic carbocycles. The summed E-state index contributed by atoms with van der Waals surface area (Å²) in [7, 11) is 0. The molecule has 2 aromatic heterocycles. The highest BCUT2D eigenvalue weighted by atomic mass is 16.1. The van der Waals surface area contributed by atoms with Crippen molar-refractivity contribution in [3.05, 3.63) is 66.1 Å². The van der Waals surface area contributed by atoms with Gasteiger partial charge in [-0.05, 0) is 36.8 Å². The molecular formula is C17H15N3O. The van der Waals surface area contributed by atoms with Crippen LogP contribution in [0.25, 0.3) is 17.0 Å². The van der Waals surface area contributed by atoms with E-state index in [1.165, 1.54) is 0 Å². The molecule has 104 valence electrons. The molecule has 3 aromatic rings. The van der Waals surface area contributed by atoms with Crippen molar-refractivity contribution in [2.24, 2.45) is 0 Å². The maximum absolute atomic E-state index is 12.1. The molecule has 0 unspecified atom stereocenters. The summed E-state index contributed by atoms with van der Waals surface area (Å²) in [6, 6.07) is 11.5. The molecule has 2 heterocycles. The van der Waals surface area contributed by atoms with Gasteiger partial charge in [0.15, 0.2) is 0 Å². The Balaban J connectivity index is 1.89. The van der Waals surface area contributed by atoms with Gasteiger partial charge in [-0.2, -0.15) is 5.10 Å². The summed E-state index contributed by atoms with van der Waals surface area (Å²) < 4.78 is 1.74. The van der Waals surface area contributed by atoms with Gasteiger partial charge in [0.25, 0.3) is 0 Å². The molecule has 0 atom stereocenters. The molecule has 4 heteroatoms. The van der Waals surface area contributed by atoms with Gasteiger partial charge < -0.3 is 0 Å².